The largest absolute Gasteiger partial charge is 0.305 e. The van der Waals surface area contributed by atoms with E-state index in [1.807, 2.05) is 72.9 Å². The van der Waals surface area contributed by atoms with E-state index in [0.717, 1.165) is 22.5 Å². The van der Waals surface area contributed by atoms with Gasteiger partial charge in [0.15, 0.2) is 0 Å². The second-order valence-corrected chi connectivity index (χ2v) is 10.1. The molecule has 0 spiro atoms. The summed E-state index contributed by atoms with van der Waals surface area (Å²) in [6, 6.07) is 48.0. The summed E-state index contributed by atoms with van der Waals surface area (Å²) in [4.78, 5) is 8.68. The Hall–Kier alpha value is -4.17. The van der Waals surface area contributed by atoms with Crippen LogP contribution in [0.15, 0.2) is 134 Å². The topological polar surface area (TPSA) is 25.8 Å². The molecule has 1 aliphatic rings. The van der Waals surface area contributed by atoms with E-state index >= 15 is 0 Å². The first-order valence-corrected chi connectivity index (χ1v) is 13.2. The molecule has 0 bridgehead atoms. The predicted octanol–water partition coefficient (Wildman–Crippen LogP) is 9.07. The molecule has 2 heterocycles. The number of benzene rings is 4. The van der Waals surface area contributed by atoms with E-state index < -0.39 is 0 Å². The van der Waals surface area contributed by atoms with Crippen LogP contribution in [-0.4, -0.2) is 9.97 Å². The maximum absolute atomic E-state index is 4.46. The van der Waals surface area contributed by atoms with Crippen molar-refractivity contribution >= 4 is 0 Å². The van der Waals surface area contributed by atoms with E-state index in [9.17, 15) is 0 Å². The van der Waals surface area contributed by atoms with Crippen LogP contribution in [0.5, 0.6) is 0 Å². The van der Waals surface area contributed by atoms with Crippen molar-refractivity contribution < 1.29 is 20.1 Å². The Bertz CT molecular complexity index is 1670. The Morgan fingerprint density at radius 1 is 0.525 bits per heavy atom. The number of nitrogens with zero attached hydrogens (tertiary/aromatic N) is 2. The Morgan fingerprint density at radius 3 is 1.85 bits per heavy atom. The summed E-state index contributed by atoms with van der Waals surface area (Å²) in [5, 5.41) is 0. The molecule has 0 N–H and O–H groups in total. The molecule has 4 aromatic carbocycles. The van der Waals surface area contributed by atoms with E-state index in [1.54, 1.807) is 6.20 Å². The van der Waals surface area contributed by atoms with Gasteiger partial charge in [0.1, 0.15) is 0 Å². The standard InChI is InChI=1S/C26H20N.C11H8N.Ir/c1-26(2)23-11-4-3-10-21(23)22-17-19(13-14-24(22)26)18-8-7-9-20(16-18)25-12-5-6-15-27-25;1-2-6-10(7-3-1)11-8-4-5-9-12-11;/h3-8,10-17H,1-2H3;1-6,8-9H;/q2*-1;. The maximum Gasteiger partial charge on any atom is 0.0160 e. The van der Waals surface area contributed by atoms with Crippen molar-refractivity contribution in [1.29, 1.82) is 0 Å². The van der Waals surface area contributed by atoms with E-state index in [2.05, 4.69) is 90.5 Å². The van der Waals surface area contributed by atoms with Gasteiger partial charge in [0.2, 0.25) is 0 Å². The molecule has 6 aromatic rings. The van der Waals surface area contributed by atoms with Gasteiger partial charge in [-0.15, -0.1) is 71.3 Å². The van der Waals surface area contributed by atoms with Crippen LogP contribution < -0.4 is 0 Å². The van der Waals surface area contributed by atoms with Gasteiger partial charge in [-0.3, -0.25) is 0 Å². The summed E-state index contributed by atoms with van der Waals surface area (Å²) in [6.07, 6.45) is 3.61. The molecule has 0 saturated carbocycles. The summed E-state index contributed by atoms with van der Waals surface area (Å²) in [6.45, 7) is 4.63. The number of rotatable bonds is 3. The van der Waals surface area contributed by atoms with Crippen molar-refractivity contribution in [2.24, 2.45) is 0 Å². The fourth-order valence-electron chi connectivity index (χ4n) is 5.29. The number of hydrogen-bond acceptors (Lipinski definition) is 2. The monoisotopic (exact) mass is 693 g/mol. The molecular formula is C37H28IrN2-2. The van der Waals surface area contributed by atoms with Gasteiger partial charge in [-0.1, -0.05) is 74.5 Å². The number of pyridine rings is 2. The zero-order valence-electron chi connectivity index (χ0n) is 22.4. The molecule has 2 aromatic heterocycles. The Labute approximate surface area is 250 Å². The number of hydrogen-bond donors (Lipinski definition) is 0. The van der Waals surface area contributed by atoms with Gasteiger partial charge in [-0.25, -0.2) is 0 Å². The van der Waals surface area contributed by atoms with E-state index in [4.69, 9.17) is 0 Å². The minimum absolute atomic E-state index is 0. The van der Waals surface area contributed by atoms with Crippen LogP contribution in [0.25, 0.3) is 44.8 Å². The van der Waals surface area contributed by atoms with E-state index in [0.29, 0.717) is 0 Å². The van der Waals surface area contributed by atoms with Crippen molar-refractivity contribution in [2.45, 2.75) is 19.3 Å². The first-order valence-electron chi connectivity index (χ1n) is 13.2. The summed E-state index contributed by atoms with van der Waals surface area (Å²) in [7, 11) is 0. The predicted molar refractivity (Wildman–Crippen MR) is 160 cm³/mol. The van der Waals surface area contributed by atoms with Crippen molar-refractivity contribution in [2.75, 3.05) is 0 Å². The molecular weight excluding hydrogens is 665 g/mol. The molecule has 0 saturated heterocycles. The Balaban J connectivity index is 0.000000209. The molecule has 0 aliphatic heterocycles. The number of aromatic nitrogens is 2. The third kappa shape index (κ3) is 5.45. The summed E-state index contributed by atoms with van der Waals surface area (Å²) < 4.78 is 0. The molecule has 0 unspecified atom stereocenters. The molecule has 197 valence electrons. The van der Waals surface area contributed by atoms with Crippen LogP contribution in [0.4, 0.5) is 0 Å². The summed E-state index contributed by atoms with van der Waals surface area (Å²) in [5.74, 6) is 0. The van der Waals surface area contributed by atoms with Crippen LogP contribution >= 0.6 is 0 Å². The van der Waals surface area contributed by atoms with Crippen molar-refractivity contribution in [1.82, 2.24) is 9.97 Å². The maximum atomic E-state index is 4.46. The van der Waals surface area contributed by atoms with E-state index in [-0.39, 0.29) is 25.5 Å². The first kappa shape index (κ1) is 27.4. The third-order valence-corrected chi connectivity index (χ3v) is 7.31. The van der Waals surface area contributed by atoms with Gasteiger partial charge >= 0.3 is 0 Å². The second-order valence-electron chi connectivity index (χ2n) is 10.1. The van der Waals surface area contributed by atoms with Crippen molar-refractivity contribution in [3.63, 3.8) is 0 Å². The average Bonchev–Trinajstić information content (AvgIpc) is 3.25. The zero-order valence-corrected chi connectivity index (χ0v) is 24.8. The van der Waals surface area contributed by atoms with Gasteiger partial charge in [0.25, 0.3) is 0 Å². The van der Waals surface area contributed by atoms with Gasteiger partial charge < -0.3 is 9.97 Å². The van der Waals surface area contributed by atoms with Crippen molar-refractivity contribution in [3.05, 3.63) is 157 Å². The summed E-state index contributed by atoms with van der Waals surface area (Å²) in [5.41, 5.74) is 12.0. The Kier molecular flexibility index (Phi) is 8.16. The molecule has 0 atom stereocenters. The fourth-order valence-corrected chi connectivity index (χ4v) is 5.29. The summed E-state index contributed by atoms with van der Waals surface area (Å²) >= 11 is 0. The van der Waals surface area contributed by atoms with Gasteiger partial charge in [-0.2, -0.15) is 0 Å². The van der Waals surface area contributed by atoms with Gasteiger partial charge in [0, 0.05) is 37.9 Å². The minimum Gasteiger partial charge on any atom is -0.305 e. The van der Waals surface area contributed by atoms with E-state index in [1.165, 1.54) is 33.4 Å². The molecule has 0 amide bonds. The van der Waals surface area contributed by atoms with Crippen LogP contribution in [0.3, 0.4) is 0 Å². The van der Waals surface area contributed by atoms with Crippen LogP contribution in [-0.2, 0) is 25.5 Å². The molecule has 7 rings (SSSR count). The molecule has 1 radical (unpaired) electrons. The van der Waals surface area contributed by atoms with Crippen LogP contribution in [0.1, 0.15) is 25.0 Å². The van der Waals surface area contributed by atoms with Gasteiger partial charge in [-0.05, 0) is 57.4 Å². The quantitative estimate of drug-likeness (QED) is 0.173. The third-order valence-electron chi connectivity index (χ3n) is 7.31. The SMILES string of the molecule is CC1(C)c2ccccc2-c2cc(-c3cc[c-]c(-c4ccccn4)c3)ccc21.[Ir].[c-]1ccccc1-c1ccccn1. The second kappa shape index (κ2) is 11.9. The molecule has 2 nitrogen and oxygen atoms in total. The first-order chi connectivity index (χ1) is 19.1. The normalized spacial score (nSPS) is 12.2. The smallest absolute Gasteiger partial charge is 0.0160 e. The molecule has 40 heavy (non-hydrogen) atoms. The minimum atomic E-state index is 0. The average molecular weight is 693 g/mol. The Morgan fingerprint density at radius 2 is 1.15 bits per heavy atom. The molecule has 1 aliphatic carbocycles. The zero-order chi connectivity index (χ0) is 26.7. The van der Waals surface area contributed by atoms with Crippen molar-refractivity contribution in [3.8, 4) is 44.8 Å². The number of fused-ring (bicyclic) bond motifs is 3. The molecule has 0 fully saturated rings. The van der Waals surface area contributed by atoms with Crippen LogP contribution in [0, 0.1) is 12.1 Å². The van der Waals surface area contributed by atoms with Crippen LogP contribution in [0.2, 0.25) is 0 Å². The fraction of sp³-hybridized carbons (Fsp3) is 0.0811. The van der Waals surface area contributed by atoms with Gasteiger partial charge in [0.05, 0.1) is 0 Å². The molecule has 3 heteroatoms.